The van der Waals surface area contributed by atoms with Crippen LogP contribution >= 0.6 is 0 Å². The lowest BCUT2D eigenvalue weighted by atomic mass is 10.2. The minimum absolute atomic E-state index is 0.821. The van der Waals surface area contributed by atoms with Crippen LogP contribution in [0.1, 0.15) is 5.56 Å². The van der Waals surface area contributed by atoms with Gasteiger partial charge in [-0.2, -0.15) is 0 Å². The van der Waals surface area contributed by atoms with Gasteiger partial charge in [0, 0.05) is 38.9 Å². The molecule has 1 fully saturated rings. The lowest BCUT2D eigenvalue weighted by Gasteiger charge is -2.29. The molecule has 108 valence electrons. The number of aliphatic imine (C=N–C) groups is 1. The number of rotatable bonds is 3. The second-order valence-corrected chi connectivity index (χ2v) is 5.25. The minimum Gasteiger partial charge on any atom is -0.378 e. The molecule has 1 N–H and O–H groups in total. The number of anilines is 1. The summed E-state index contributed by atoms with van der Waals surface area (Å²) in [5.74, 6) is 1.00. The smallest absolute Gasteiger partial charge is 0.194 e. The van der Waals surface area contributed by atoms with Gasteiger partial charge in [0.2, 0.25) is 0 Å². The van der Waals surface area contributed by atoms with E-state index in [1.54, 1.807) is 0 Å². The molecular formula is C15H22N4O. The second kappa shape index (κ2) is 6.13. The first-order valence-electron chi connectivity index (χ1n) is 7.24. The number of hydrogen-bond donors (Lipinski definition) is 1. The van der Waals surface area contributed by atoms with Gasteiger partial charge in [0.25, 0.3) is 0 Å². The van der Waals surface area contributed by atoms with Crippen molar-refractivity contribution >= 4 is 11.6 Å². The molecule has 0 unspecified atom stereocenters. The highest BCUT2D eigenvalue weighted by molar-refractivity contribution is 5.81. The SMILES string of the molecule is CN1CCN=C1NCc1cccc(N2CCOCC2)c1. The van der Waals surface area contributed by atoms with E-state index in [0.717, 1.165) is 51.9 Å². The Morgan fingerprint density at radius 1 is 1.25 bits per heavy atom. The molecule has 0 saturated carbocycles. The molecule has 0 aromatic heterocycles. The molecule has 2 heterocycles. The number of ether oxygens (including phenoxy) is 1. The Bertz CT molecular complexity index is 483. The van der Waals surface area contributed by atoms with Gasteiger partial charge in [-0.3, -0.25) is 4.99 Å². The van der Waals surface area contributed by atoms with Crippen molar-refractivity contribution in [3.05, 3.63) is 29.8 Å². The van der Waals surface area contributed by atoms with Gasteiger partial charge in [0.15, 0.2) is 5.96 Å². The molecule has 0 spiro atoms. The molecule has 20 heavy (non-hydrogen) atoms. The van der Waals surface area contributed by atoms with Crippen LogP contribution in [0.2, 0.25) is 0 Å². The third-order valence-corrected chi connectivity index (χ3v) is 3.80. The van der Waals surface area contributed by atoms with E-state index in [9.17, 15) is 0 Å². The summed E-state index contributed by atoms with van der Waals surface area (Å²) in [6.45, 7) is 6.33. The zero-order chi connectivity index (χ0) is 13.8. The minimum atomic E-state index is 0.821. The lowest BCUT2D eigenvalue weighted by Crippen LogP contribution is -2.36. The molecule has 5 nitrogen and oxygen atoms in total. The fourth-order valence-corrected chi connectivity index (χ4v) is 2.59. The Hall–Kier alpha value is -1.75. The van der Waals surface area contributed by atoms with Crippen LogP contribution in [0, 0.1) is 0 Å². The van der Waals surface area contributed by atoms with Crippen molar-refractivity contribution in [2.75, 3.05) is 51.3 Å². The first-order chi connectivity index (χ1) is 9.83. The molecule has 1 aromatic rings. The molecule has 1 aromatic carbocycles. The average Bonchev–Trinajstić information content (AvgIpc) is 2.92. The van der Waals surface area contributed by atoms with Gasteiger partial charge < -0.3 is 19.9 Å². The van der Waals surface area contributed by atoms with Gasteiger partial charge in [-0.25, -0.2) is 0 Å². The fourth-order valence-electron chi connectivity index (χ4n) is 2.59. The largest absolute Gasteiger partial charge is 0.378 e. The van der Waals surface area contributed by atoms with Crippen LogP contribution in [-0.4, -0.2) is 57.3 Å². The van der Waals surface area contributed by atoms with E-state index in [1.165, 1.54) is 11.3 Å². The third-order valence-electron chi connectivity index (χ3n) is 3.80. The standard InChI is InChI=1S/C15H22N4O/c1-18-6-5-16-15(18)17-12-13-3-2-4-14(11-13)19-7-9-20-10-8-19/h2-4,11H,5-10,12H2,1H3,(H,16,17). The molecule has 0 radical (unpaired) electrons. The highest BCUT2D eigenvalue weighted by Gasteiger charge is 2.13. The van der Waals surface area contributed by atoms with E-state index < -0.39 is 0 Å². The predicted molar refractivity (Wildman–Crippen MR) is 81.2 cm³/mol. The summed E-state index contributed by atoms with van der Waals surface area (Å²) in [5.41, 5.74) is 2.58. The number of nitrogens with one attached hydrogen (secondary N) is 1. The van der Waals surface area contributed by atoms with Gasteiger partial charge in [-0.1, -0.05) is 12.1 Å². The molecule has 2 aliphatic rings. The Labute approximate surface area is 120 Å². The monoisotopic (exact) mass is 274 g/mol. The van der Waals surface area contributed by atoms with E-state index >= 15 is 0 Å². The third kappa shape index (κ3) is 3.04. The highest BCUT2D eigenvalue weighted by atomic mass is 16.5. The summed E-state index contributed by atoms with van der Waals surface area (Å²) >= 11 is 0. The molecule has 0 aliphatic carbocycles. The maximum absolute atomic E-state index is 5.40. The van der Waals surface area contributed by atoms with E-state index in [-0.39, 0.29) is 0 Å². The highest BCUT2D eigenvalue weighted by Crippen LogP contribution is 2.17. The van der Waals surface area contributed by atoms with Gasteiger partial charge >= 0.3 is 0 Å². The van der Waals surface area contributed by atoms with Gasteiger partial charge in [0.05, 0.1) is 19.8 Å². The molecule has 5 heteroatoms. The number of guanidine groups is 1. The summed E-state index contributed by atoms with van der Waals surface area (Å²) in [4.78, 5) is 8.99. The average molecular weight is 274 g/mol. The zero-order valence-corrected chi connectivity index (χ0v) is 12.0. The van der Waals surface area contributed by atoms with Gasteiger partial charge in [-0.05, 0) is 17.7 Å². The predicted octanol–water partition coefficient (Wildman–Crippen LogP) is 0.914. The van der Waals surface area contributed by atoms with Crippen LogP contribution < -0.4 is 10.2 Å². The van der Waals surface area contributed by atoms with Crippen molar-refractivity contribution in [2.24, 2.45) is 4.99 Å². The topological polar surface area (TPSA) is 40.1 Å². The number of nitrogens with zero attached hydrogens (tertiary/aromatic N) is 3. The van der Waals surface area contributed by atoms with Gasteiger partial charge in [0.1, 0.15) is 0 Å². The van der Waals surface area contributed by atoms with E-state index in [4.69, 9.17) is 4.74 Å². The maximum atomic E-state index is 5.40. The zero-order valence-electron chi connectivity index (χ0n) is 12.0. The summed E-state index contributed by atoms with van der Waals surface area (Å²) in [6, 6.07) is 8.72. The summed E-state index contributed by atoms with van der Waals surface area (Å²) in [5, 5.41) is 3.41. The van der Waals surface area contributed by atoms with E-state index in [2.05, 4.69) is 51.4 Å². The summed E-state index contributed by atoms with van der Waals surface area (Å²) in [7, 11) is 2.07. The molecule has 1 saturated heterocycles. The van der Waals surface area contributed by atoms with Crippen molar-refractivity contribution in [3.8, 4) is 0 Å². The maximum Gasteiger partial charge on any atom is 0.194 e. The number of hydrogen-bond acceptors (Lipinski definition) is 5. The molecule has 3 rings (SSSR count). The van der Waals surface area contributed by atoms with E-state index in [0.29, 0.717) is 0 Å². The van der Waals surface area contributed by atoms with E-state index in [1.807, 2.05) is 0 Å². The van der Waals surface area contributed by atoms with Crippen LogP contribution in [-0.2, 0) is 11.3 Å². The Kier molecular flexibility index (Phi) is 4.06. The molecule has 2 aliphatic heterocycles. The van der Waals surface area contributed by atoms with Crippen LogP contribution in [0.5, 0.6) is 0 Å². The van der Waals surface area contributed by atoms with Crippen molar-refractivity contribution in [1.82, 2.24) is 10.2 Å². The first-order valence-corrected chi connectivity index (χ1v) is 7.24. The molecular weight excluding hydrogens is 252 g/mol. The first kappa shape index (κ1) is 13.2. The van der Waals surface area contributed by atoms with Crippen molar-refractivity contribution in [2.45, 2.75) is 6.54 Å². The Morgan fingerprint density at radius 2 is 2.10 bits per heavy atom. The number of morpholine rings is 1. The molecule has 0 amide bonds. The van der Waals surface area contributed by atoms with Crippen molar-refractivity contribution < 1.29 is 4.74 Å². The lowest BCUT2D eigenvalue weighted by molar-refractivity contribution is 0.122. The second-order valence-electron chi connectivity index (χ2n) is 5.25. The molecule has 0 bridgehead atoms. The Balaban J connectivity index is 1.62. The van der Waals surface area contributed by atoms with Gasteiger partial charge in [-0.15, -0.1) is 0 Å². The molecule has 0 atom stereocenters. The van der Waals surface area contributed by atoms with Crippen LogP contribution in [0.4, 0.5) is 5.69 Å². The van der Waals surface area contributed by atoms with Crippen LogP contribution in [0.25, 0.3) is 0 Å². The van der Waals surface area contributed by atoms with Crippen molar-refractivity contribution in [3.63, 3.8) is 0 Å². The summed E-state index contributed by atoms with van der Waals surface area (Å²) in [6.07, 6.45) is 0. The van der Waals surface area contributed by atoms with Crippen LogP contribution in [0.3, 0.4) is 0 Å². The van der Waals surface area contributed by atoms with Crippen LogP contribution in [0.15, 0.2) is 29.3 Å². The van der Waals surface area contributed by atoms with Crippen molar-refractivity contribution in [1.29, 1.82) is 0 Å². The normalized spacial score (nSPS) is 19.1. The quantitative estimate of drug-likeness (QED) is 0.889. The number of likely N-dealkylation sites (N-methyl/N-ethyl adjacent to an activating group) is 1. The number of benzene rings is 1. The fraction of sp³-hybridized carbons (Fsp3) is 0.533. The Morgan fingerprint density at radius 3 is 2.85 bits per heavy atom. The summed E-state index contributed by atoms with van der Waals surface area (Å²) < 4.78 is 5.40.